The minimum absolute atomic E-state index is 0.241. The maximum atomic E-state index is 11.4. The Morgan fingerprint density at radius 2 is 1.64 bits per heavy atom. The Bertz CT molecular complexity index is 475. The Kier molecular flexibility index (Phi) is 18.8. The standard InChI is InChI=1S/C23H38O5/c1-2-3-4-5-6-7-8-10-13-16-21(26)17-14-11-9-12-15-18-23(27)28-22(19-24)20-25/h6-7,9-11,13-14,17,21-22,24-26H,2-5,8,12,15-16,18-20H2,1H3/b7-6-,11-9+,13-10-,17-14-. The minimum Gasteiger partial charge on any atom is -0.457 e. The molecule has 5 heteroatoms. The lowest BCUT2D eigenvalue weighted by molar-refractivity contribution is -0.153. The van der Waals surface area contributed by atoms with Crippen LogP contribution in [0.1, 0.15) is 64.7 Å². The molecule has 0 heterocycles. The number of aliphatic hydroxyl groups is 3. The fraction of sp³-hybridized carbons (Fsp3) is 0.609. The highest BCUT2D eigenvalue weighted by atomic mass is 16.6. The maximum Gasteiger partial charge on any atom is 0.306 e. The highest BCUT2D eigenvalue weighted by molar-refractivity contribution is 5.69. The van der Waals surface area contributed by atoms with E-state index in [-0.39, 0.29) is 19.6 Å². The number of carbonyl (C=O) groups is 1. The van der Waals surface area contributed by atoms with Crippen LogP contribution < -0.4 is 0 Å². The highest BCUT2D eigenvalue weighted by Crippen LogP contribution is 2.03. The lowest BCUT2D eigenvalue weighted by atomic mass is 10.2. The molecule has 0 saturated heterocycles. The van der Waals surface area contributed by atoms with Gasteiger partial charge in [-0.3, -0.25) is 4.79 Å². The zero-order valence-corrected chi connectivity index (χ0v) is 17.2. The van der Waals surface area contributed by atoms with Crippen LogP contribution in [-0.4, -0.2) is 46.7 Å². The third-order valence-electron chi connectivity index (χ3n) is 3.99. The Morgan fingerprint density at radius 1 is 0.929 bits per heavy atom. The second-order valence-electron chi connectivity index (χ2n) is 6.66. The molecule has 0 aromatic carbocycles. The summed E-state index contributed by atoms with van der Waals surface area (Å²) in [5, 5.41) is 27.5. The average molecular weight is 395 g/mol. The quantitative estimate of drug-likeness (QED) is 0.150. The van der Waals surface area contributed by atoms with E-state index in [0.29, 0.717) is 19.3 Å². The first kappa shape index (κ1) is 26.3. The topological polar surface area (TPSA) is 87.0 Å². The molecule has 0 aliphatic carbocycles. The van der Waals surface area contributed by atoms with E-state index >= 15 is 0 Å². The zero-order chi connectivity index (χ0) is 20.9. The van der Waals surface area contributed by atoms with E-state index < -0.39 is 18.2 Å². The van der Waals surface area contributed by atoms with E-state index in [0.717, 1.165) is 12.8 Å². The lowest BCUT2D eigenvalue weighted by Gasteiger charge is -2.11. The van der Waals surface area contributed by atoms with Crippen molar-refractivity contribution in [2.24, 2.45) is 0 Å². The number of esters is 1. The van der Waals surface area contributed by atoms with Crippen LogP contribution in [0, 0.1) is 0 Å². The van der Waals surface area contributed by atoms with Gasteiger partial charge < -0.3 is 20.1 Å². The van der Waals surface area contributed by atoms with Gasteiger partial charge in [0.25, 0.3) is 0 Å². The van der Waals surface area contributed by atoms with Crippen LogP contribution >= 0.6 is 0 Å². The smallest absolute Gasteiger partial charge is 0.306 e. The molecule has 0 radical (unpaired) electrons. The maximum absolute atomic E-state index is 11.4. The van der Waals surface area contributed by atoms with E-state index in [2.05, 4.69) is 25.2 Å². The number of ether oxygens (including phenoxy) is 1. The first-order valence-corrected chi connectivity index (χ1v) is 10.4. The number of unbranched alkanes of at least 4 members (excludes halogenated alkanes) is 4. The van der Waals surface area contributed by atoms with Gasteiger partial charge in [-0.1, -0.05) is 68.4 Å². The molecule has 1 atom stereocenters. The second kappa shape index (κ2) is 20.1. The van der Waals surface area contributed by atoms with Gasteiger partial charge in [0.1, 0.15) is 6.10 Å². The number of hydrogen-bond donors (Lipinski definition) is 3. The Hall–Kier alpha value is -1.69. The van der Waals surface area contributed by atoms with Gasteiger partial charge in [-0.25, -0.2) is 0 Å². The van der Waals surface area contributed by atoms with Crippen molar-refractivity contribution in [2.45, 2.75) is 76.9 Å². The molecule has 0 spiro atoms. The van der Waals surface area contributed by atoms with Crippen molar-refractivity contribution in [3.8, 4) is 0 Å². The molecule has 3 N–H and O–H groups in total. The third kappa shape index (κ3) is 17.7. The fourth-order valence-corrected chi connectivity index (χ4v) is 2.32. The number of carbonyl (C=O) groups excluding carboxylic acids is 1. The van der Waals surface area contributed by atoms with Gasteiger partial charge >= 0.3 is 5.97 Å². The molecule has 0 aromatic rings. The molecule has 0 amide bonds. The SMILES string of the molecule is CCCCC/C=C\C/C=C\CC(O)/C=C\C=C\CCCC(=O)OC(CO)CO. The molecule has 0 bridgehead atoms. The number of allylic oxidation sites excluding steroid dienone is 6. The second-order valence-corrected chi connectivity index (χ2v) is 6.66. The molecule has 5 nitrogen and oxygen atoms in total. The molecule has 0 rings (SSSR count). The predicted octanol–water partition coefficient (Wildman–Crippen LogP) is 4.00. The van der Waals surface area contributed by atoms with Crippen LogP contribution in [-0.2, 0) is 9.53 Å². The van der Waals surface area contributed by atoms with Crippen LogP contribution in [0.4, 0.5) is 0 Å². The molecule has 28 heavy (non-hydrogen) atoms. The molecular formula is C23H38O5. The van der Waals surface area contributed by atoms with Crippen LogP contribution in [0.3, 0.4) is 0 Å². The summed E-state index contributed by atoms with van der Waals surface area (Å²) in [6.45, 7) is 1.46. The van der Waals surface area contributed by atoms with Gasteiger partial charge in [0, 0.05) is 6.42 Å². The number of aliphatic hydroxyl groups excluding tert-OH is 3. The number of hydrogen-bond acceptors (Lipinski definition) is 5. The van der Waals surface area contributed by atoms with Gasteiger partial charge in [0.15, 0.2) is 0 Å². The van der Waals surface area contributed by atoms with Crippen LogP contribution in [0.25, 0.3) is 0 Å². The first-order valence-electron chi connectivity index (χ1n) is 10.4. The minimum atomic E-state index is -0.830. The van der Waals surface area contributed by atoms with Gasteiger partial charge in [0.05, 0.1) is 19.3 Å². The summed E-state index contributed by atoms with van der Waals surface area (Å²) in [4.78, 5) is 11.4. The van der Waals surface area contributed by atoms with Crippen molar-refractivity contribution in [1.29, 1.82) is 0 Å². The van der Waals surface area contributed by atoms with Gasteiger partial charge in [0.2, 0.25) is 0 Å². The Balaban J connectivity index is 3.74. The molecule has 0 fully saturated rings. The van der Waals surface area contributed by atoms with Crippen molar-refractivity contribution < 1.29 is 24.9 Å². The van der Waals surface area contributed by atoms with Crippen molar-refractivity contribution in [3.05, 3.63) is 48.6 Å². The predicted molar refractivity (Wildman–Crippen MR) is 114 cm³/mol. The van der Waals surface area contributed by atoms with E-state index in [1.165, 1.54) is 19.3 Å². The average Bonchev–Trinajstić information content (AvgIpc) is 2.70. The number of rotatable bonds is 17. The monoisotopic (exact) mass is 394 g/mol. The molecule has 0 saturated carbocycles. The molecule has 0 aliphatic rings. The lowest BCUT2D eigenvalue weighted by Crippen LogP contribution is -2.25. The Morgan fingerprint density at radius 3 is 2.36 bits per heavy atom. The van der Waals surface area contributed by atoms with E-state index in [9.17, 15) is 9.90 Å². The van der Waals surface area contributed by atoms with Crippen LogP contribution in [0.15, 0.2) is 48.6 Å². The van der Waals surface area contributed by atoms with E-state index in [4.69, 9.17) is 14.9 Å². The van der Waals surface area contributed by atoms with Gasteiger partial charge in [-0.2, -0.15) is 0 Å². The normalized spacial score (nSPS) is 13.6. The fourth-order valence-electron chi connectivity index (χ4n) is 2.32. The third-order valence-corrected chi connectivity index (χ3v) is 3.99. The van der Waals surface area contributed by atoms with Crippen LogP contribution in [0.5, 0.6) is 0 Å². The molecule has 160 valence electrons. The summed E-state index contributed by atoms with van der Waals surface area (Å²) in [6.07, 6.45) is 22.5. The highest BCUT2D eigenvalue weighted by Gasteiger charge is 2.11. The molecule has 0 aliphatic heterocycles. The summed E-state index contributed by atoms with van der Waals surface area (Å²) in [5.41, 5.74) is 0. The van der Waals surface area contributed by atoms with E-state index in [1.54, 1.807) is 12.2 Å². The summed E-state index contributed by atoms with van der Waals surface area (Å²) in [5.74, 6) is -0.421. The van der Waals surface area contributed by atoms with Gasteiger partial charge in [-0.05, 0) is 38.5 Å². The van der Waals surface area contributed by atoms with E-state index in [1.807, 2.05) is 18.2 Å². The van der Waals surface area contributed by atoms with Crippen molar-refractivity contribution in [2.75, 3.05) is 13.2 Å². The molecule has 0 aromatic heterocycles. The van der Waals surface area contributed by atoms with Crippen molar-refractivity contribution in [3.63, 3.8) is 0 Å². The largest absolute Gasteiger partial charge is 0.457 e. The molecular weight excluding hydrogens is 356 g/mol. The van der Waals surface area contributed by atoms with Crippen LogP contribution in [0.2, 0.25) is 0 Å². The summed E-state index contributed by atoms with van der Waals surface area (Å²) in [6, 6.07) is 0. The summed E-state index contributed by atoms with van der Waals surface area (Å²) in [7, 11) is 0. The van der Waals surface area contributed by atoms with Gasteiger partial charge in [-0.15, -0.1) is 0 Å². The van der Waals surface area contributed by atoms with Crippen molar-refractivity contribution in [1.82, 2.24) is 0 Å². The molecule has 1 unspecified atom stereocenters. The Labute approximate surface area is 170 Å². The first-order chi connectivity index (χ1) is 13.6. The van der Waals surface area contributed by atoms with Crippen molar-refractivity contribution >= 4 is 5.97 Å². The summed E-state index contributed by atoms with van der Waals surface area (Å²) < 4.78 is 4.87. The summed E-state index contributed by atoms with van der Waals surface area (Å²) >= 11 is 0. The zero-order valence-electron chi connectivity index (χ0n) is 17.2.